The smallest absolute Gasteiger partial charge is 0.273 e. The molecule has 45 heavy (non-hydrogen) atoms. The standard InChI is InChI=1S/C34H25ClN4O6/c1-45-27-17-21(39(43)44)14-15-26(27)38-32(41)30-29-22-6-2-4-8-24(22)34(31(30)33(38)42,25-9-5-3-7-23(25)29)18-36-37-28(40)16-19-10-12-20(35)13-11-19/h2-15,17-18,29-31H,16H2,1H3,(H,37,40)/b36-18-/t29?,30-,31-,34?/m1/s1. The van der Waals surface area contributed by atoms with E-state index >= 15 is 0 Å². The highest BCUT2D eigenvalue weighted by atomic mass is 35.5. The fourth-order valence-electron chi connectivity index (χ4n) is 7.29. The normalized spacial score (nSPS) is 22.6. The Balaban J connectivity index is 1.35. The van der Waals surface area contributed by atoms with Gasteiger partial charge in [-0.25, -0.2) is 10.3 Å². The minimum absolute atomic E-state index is 0.0316. The van der Waals surface area contributed by atoms with Crippen molar-refractivity contribution in [1.29, 1.82) is 0 Å². The van der Waals surface area contributed by atoms with Crippen LogP contribution in [-0.2, 0) is 26.2 Å². The van der Waals surface area contributed by atoms with Gasteiger partial charge in [0.2, 0.25) is 17.7 Å². The molecule has 0 radical (unpaired) electrons. The van der Waals surface area contributed by atoms with Crippen molar-refractivity contribution in [2.24, 2.45) is 16.9 Å². The van der Waals surface area contributed by atoms with Crippen LogP contribution in [0.2, 0.25) is 5.02 Å². The van der Waals surface area contributed by atoms with E-state index < -0.39 is 39.9 Å². The van der Waals surface area contributed by atoms with Gasteiger partial charge in [-0.05, 0) is 46.0 Å². The first-order chi connectivity index (χ1) is 21.8. The van der Waals surface area contributed by atoms with Crippen LogP contribution in [0.4, 0.5) is 11.4 Å². The third kappa shape index (κ3) is 4.24. The van der Waals surface area contributed by atoms with Gasteiger partial charge in [0.1, 0.15) is 5.75 Å². The van der Waals surface area contributed by atoms with E-state index in [0.29, 0.717) is 5.02 Å². The highest BCUT2D eigenvalue weighted by Crippen LogP contribution is 2.64. The summed E-state index contributed by atoms with van der Waals surface area (Å²) in [5, 5.41) is 16.4. The number of nitrogens with zero attached hydrogens (tertiary/aromatic N) is 3. The van der Waals surface area contributed by atoms with Gasteiger partial charge in [0.25, 0.3) is 5.69 Å². The molecule has 10 nitrogen and oxygen atoms in total. The summed E-state index contributed by atoms with van der Waals surface area (Å²) in [6, 6.07) is 26.1. The molecule has 4 aliphatic rings. The van der Waals surface area contributed by atoms with Gasteiger partial charge in [-0.3, -0.25) is 24.5 Å². The number of carbonyl (C=O) groups is 3. The van der Waals surface area contributed by atoms with Crippen LogP contribution in [0.25, 0.3) is 0 Å². The van der Waals surface area contributed by atoms with Gasteiger partial charge >= 0.3 is 0 Å². The van der Waals surface area contributed by atoms with Crippen LogP contribution in [0.5, 0.6) is 5.75 Å². The SMILES string of the molecule is COc1cc([N+](=O)[O-])ccc1N1C(=O)[C@@H]2C3c4ccccc4C(/C=N\NC(=O)Cc4ccc(Cl)cc4)(c4ccccc43)[C@H]2C1=O. The van der Waals surface area contributed by atoms with E-state index in [4.69, 9.17) is 16.3 Å². The minimum Gasteiger partial charge on any atom is -0.494 e. The zero-order valence-electron chi connectivity index (χ0n) is 23.8. The van der Waals surface area contributed by atoms with E-state index in [1.807, 2.05) is 48.5 Å². The molecule has 224 valence electrons. The average molecular weight is 621 g/mol. The highest BCUT2D eigenvalue weighted by Gasteiger charge is 2.68. The Bertz CT molecular complexity index is 1890. The van der Waals surface area contributed by atoms with E-state index in [1.165, 1.54) is 25.3 Å². The summed E-state index contributed by atoms with van der Waals surface area (Å²) < 4.78 is 5.43. The first kappa shape index (κ1) is 28.4. The molecule has 8 rings (SSSR count). The Kier molecular flexibility index (Phi) is 6.74. The first-order valence-electron chi connectivity index (χ1n) is 14.2. The summed E-state index contributed by atoms with van der Waals surface area (Å²) in [6.45, 7) is 0. The molecule has 0 saturated carbocycles. The van der Waals surface area contributed by atoms with Crippen molar-refractivity contribution in [3.8, 4) is 5.75 Å². The molecule has 1 heterocycles. The lowest BCUT2D eigenvalue weighted by Crippen LogP contribution is -2.54. The van der Waals surface area contributed by atoms with Gasteiger partial charge in [0.05, 0.1) is 47.5 Å². The third-order valence-corrected chi connectivity index (χ3v) is 9.29. The molecule has 3 amide bonds. The molecule has 1 fully saturated rings. The lowest BCUT2D eigenvalue weighted by atomic mass is 9.47. The fourth-order valence-corrected chi connectivity index (χ4v) is 7.41. The van der Waals surface area contributed by atoms with Crippen LogP contribution < -0.4 is 15.1 Å². The zero-order chi connectivity index (χ0) is 31.5. The molecule has 1 aliphatic heterocycles. The Labute approximate surface area is 262 Å². The molecule has 0 unspecified atom stereocenters. The van der Waals surface area contributed by atoms with Crippen molar-refractivity contribution in [2.75, 3.05) is 12.0 Å². The number of amides is 3. The predicted molar refractivity (Wildman–Crippen MR) is 166 cm³/mol. The lowest BCUT2D eigenvalue weighted by Gasteiger charge is -2.52. The minimum atomic E-state index is -1.20. The number of nitro benzene ring substituents is 1. The molecular formula is C34H25ClN4O6. The second-order valence-corrected chi connectivity index (χ2v) is 11.7. The van der Waals surface area contributed by atoms with Crippen molar-refractivity contribution in [3.05, 3.63) is 134 Å². The second-order valence-electron chi connectivity index (χ2n) is 11.2. The number of hydrazone groups is 1. The van der Waals surface area contributed by atoms with Gasteiger partial charge in [-0.15, -0.1) is 0 Å². The van der Waals surface area contributed by atoms with Crippen LogP contribution >= 0.6 is 11.6 Å². The van der Waals surface area contributed by atoms with Crippen molar-refractivity contribution < 1.29 is 24.0 Å². The summed E-state index contributed by atoms with van der Waals surface area (Å²) in [5.74, 6) is -3.36. The first-order valence-corrected chi connectivity index (χ1v) is 14.6. The quantitative estimate of drug-likeness (QED) is 0.132. The zero-order valence-corrected chi connectivity index (χ0v) is 24.6. The number of benzene rings is 4. The maximum atomic E-state index is 14.6. The van der Waals surface area contributed by atoms with Crippen LogP contribution in [-0.4, -0.2) is 36.0 Å². The number of anilines is 1. The van der Waals surface area contributed by atoms with E-state index in [-0.39, 0.29) is 29.5 Å². The van der Waals surface area contributed by atoms with E-state index in [1.54, 1.807) is 30.5 Å². The summed E-state index contributed by atoms with van der Waals surface area (Å²) in [6.07, 6.45) is 1.65. The van der Waals surface area contributed by atoms with Crippen molar-refractivity contribution in [2.45, 2.75) is 17.8 Å². The van der Waals surface area contributed by atoms with Crippen LogP contribution in [0.1, 0.15) is 33.7 Å². The monoisotopic (exact) mass is 620 g/mol. The molecule has 4 aromatic carbocycles. The second kappa shape index (κ2) is 10.7. The third-order valence-electron chi connectivity index (χ3n) is 9.03. The predicted octanol–water partition coefficient (Wildman–Crippen LogP) is 5.15. The fraction of sp³-hybridized carbons (Fsp3) is 0.176. The lowest BCUT2D eigenvalue weighted by molar-refractivity contribution is -0.384. The Morgan fingerprint density at radius 3 is 2.27 bits per heavy atom. The van der Waals surface area contributed by atoms with Gasteiger partial charge < -0.3 is 4.74 Å². The maximum absolute atomic E-state index is 14.6. The van der Waals surface area contributed by atoms with Crippen LogP contribution in [0.3, 0.4) is 0 Å². The molecule has 0 aromatic heterocycles. The number of halogens is 1. The van der Waals surface area contributed by atoms with Crippen molar-refractivity contribution in [1.82, 2.24) is 5.43 Å². The molecule has 11 heteroatoms. The molecule has 1 saturated heterocycles. The van der Waals surface area contributed by atoms with E-state index in [9.17, 15) is 24.5 Å². The number of hydrogen-bond donors (Lipinski definition) is 1. The molecule has 4 aromatic rings. The number of carbonyl (C=O) groups excluding carboxylic acids is 3. The number of ether oxygens (including phenoxy) is 1. The summed E-state index contributed by atoms with van der Waals surface area (Å²) in [7, 11) is 1.33. The summed E-state index contributed by atoms with van der Waals surface area (Å²) >= 11 is 5.97. The average Bonchev–Trinajstić information content (AvgIpc) is 3.32. The van der Waals surface area contributed by atoms with Crippen LogP contribution in [0.15, 0.2) is 96.1 Å². The highest BCUT2D eigenvalue weighted by molar-refractivity contribution is 6.30. The maximum Gasteiger partial charge on any atom is 0.273 e. The number of non-ortho nitro benzene ring substituents is 1. The number of nitro groups is 1. The molecular weight excluding hydrogens is 596 g/mol. The van der Waals surface area contributed by atoms with Gasteiger partial charge in [0, 0.05) is 23.2 Å². The van der Waals surface area contributed by atoms with Crippen molar-refractivity contribution in [3.63, 3.8) is 0 Å². The van der Waals surface area contributed by atoms with Gasteiger partial charge in [-0.2, -0.15) is 5.10 Å². The molecule has 2 atom stereocenters. The largest absolute Gasteiger partial charge is 0.494 e. The number of rotatable bonds is 7. The Morgan fingerprint density at radius 2 is 1.64 bits per heavy atom. The summed E-state index contributed by atoms with van der Waals surface area (Å²) in [5.41, 5.74) is 5.51. The van der Waals surface area contributed by atoms with Gasteiger partial charge in [0.15, 0.2) is 0 Å². The number of imide groups is 1. The molecule has 3 aliphatic carbocycles. The molecule has 1 N–H and O–H groups in total. The topological polar surface area (TPSA) is 131 Å². The van der Waals surface area contributed by atoms with Crippen molar-refractivity contribution >= 4 is 46.9 Å². The molecule has 0 spiro atoms. The Hall–Kier alpha value is -5.35. The number of methoxy groups -OCH3 is 1. The number of nitrogens with one attached hydrogen (secondary N) is 1. The summed E-state index contributed by atoms with van der Waals surface area (Å²) in [4.78, 5) is 53.8. The van der Waals surface area contributed by atoms with E-state index in [2.05, 4.69) is 10.5 Å². The van der Waals surface area contributed by atoms with Gasteiger partial charge in [-0.1, -0.05) is 72.3 Å². The van der Waals surface area contributed by atoms with Crippen LogP contribution in [0, 0.1) is 22.0 Å². The Morgan fingerprint density at radius 1 is 1.00 bits per heavy atom. The molecule has 2 bridgehead atoms. The number of hydrogen-bond acceptors (Lipinski definition) is 7. The van der Waals surface area contributed by atoms with E-state index in [0.717, 1.165) is 32.7 Å².